The number of rotatable bonds is 6. The molecule has 0 aromatic heterocycles. The smallest absolute Gasteiger partial charge is 0.416 e. The molecule has 0 aliphatic carbocycles. The number of halogens is 3. The van der Waals surface area contributed by atoms with Crippen molar-refractivity contribution in [1.82, 2.24) is 10.2 Å². The minimum Gasteiger partial charge on any atom is -0.490 e. The summed E-state index contributed by atoms with van der Waals surface area (Å²) in [4.78, 5) is 13.9. The van der Waals surface area contributed by atoms with Crippen molar-refractivity contribution in [2.45, 2.75) is 38.0 Å². The molecule has 31 heavy (non-hydrogen) atoms. The molecule has 2 aromatic rings. The van der Waals surface area contributed by atoms with E-state index in [1.165, 1.54) is 6.07 Å². The van der Waals surface area contributed by atoms with E-state index in [0.29, 0.717) is 56.3 Å². The maximum Gasteiger partial charge on any atom is 0.416 e. The van der Waals surface area contributed by atoms with E-state index in [9.17, 15) is 18.0 Å². The van der Waals surface area contributed by atoms with Gasteiger partial charge in [0.2, 0.25) is 5.91 Å². The van der Waals surface area contributed by atoms with Gasteiger partial charge in [0.1, 0.15) is 0 Å². The van der Waals surface area contributed by atoms with Gasteiger partial charge in [-0.3, -0.25) is 4.79 Å². The van der Waals surface area contributed by atoms with Crippen LogP contribution in [0.1, 0.15) is 42.0 Å². The number of likely N-dealkylation sites (tertiary alicyclic amines) is 1. The van der Waals surface area contributed by atoms with Gasteiger partial charge in [-0.15, -0.1) is 0 Å². The fraction of sp³-hybridized carbons (Fsp3) is 0.435. The third-order valence-electron chi connectivity index (χ3n) is 5.58. The number of hydrogen-bond donors (Lipinski definition) is 1. The van der Waals surface area contributed by atoms with Crippen LogP contribution in [0.3, 0.4) is 0 Å². The molecule has 0 spiro atoms. The van der Waals surface area contributed by atoms with Crippen molar-refractivity contribution in [1.29, 1.82) is 0 Å². The number of benzene rings is 2. The highest BCUT2D eigenvalue weighted by molar-refractivity contribution is 5.78. The van der Waals surface area contributed by atoms with Crippen LogP contribution >= 0.6 is 0 Å². The lowest BCUT2D eigenvalue weighted by Crippen LogP contribution is -2.36. The van der Waals surface area contributed by atoms with Gasteiger partial charge >= 0.3 is 6.18 Å². The molecule has 166 valence electrons. The largest absolute Gasteiger partial charge is 0.490 e. The van der Waals surface area contributed by atoms with Crippen molar-refractivity contribution in [3.05, 3.63) is 59.2 Å². The molecule has 1 atom stereocenters. The first-order valence-electron chi connectivity index (χ1n) is 10.5. The molecule has 1 amide bonds. The minimum atomic E-state index is -4.42. The lowest BCUT2D eigenvalue weighted by Gasteiger charge is -2.26. The summed E-state index contributed by atoms with van der Waals surface area (Å²) < 4.78 is 51.4. The van der Waals surface area contributed by atoms with E-state index in [-0.39, 0.29) is 5.91 Å². The molecule has 2 aromatic carbocycles. The Hall–Kier alpha value is -2.74. The number of para-hydroxylation sites is 1. The monoisotopic (exact) mass is 434 g/mol. The molecule has 2 aliphatic rings. The van der Waals surface area contributed by atoms with Crippen LogP contribution in [0.4, 0.5) is 13.2 Å². The van der Waals surface area contributed by atoms with E-state index in [4.69, 9.17) is 9.47 Å². The zero-order chi connectivity index (χ0) is 21.8. The molecule has 0 saturated carbocycles. The number of alkyl halides is 3. The van der Waals surface area contributed by atoms with E-state index >= 15 is 0 Å². The highest BCUT2D eigenvalue weighted by Gasteiger charge is 2.32. The molecule has 1 saturated heterocycles. The van der Waals surface area contributed by atoms with E-state index in [1.807, 2.05) is 18.2 Å². The second kappa shape index (κ2) is 9.18. The zero-order valence-corrected chi connectivity index (χ0v) is 17.1. The molecule has 0 unspecified atom stereocenters. The number of amides is 1. The van der Waals surface area contributed by atoms with Crippen LogP contribution in [0, 0.1) is 0 Å². The average Bonchev–Trinajstić information content (AvgIpc) is 3.00. The van der Waals surface area contributed by atoms with Crippen molar-refractivity contribution in [3.8, 4) is 11.5 Å². The Morgan fingerprint density at radius 3 is 2.65 bits per heavy atom. The zero-order valence-electron chi connectivity index (χ0n) is 17.1. The van der Waals surface area contributed by atoms with Gasteiger partial charge in [-0.1, -0.05) is 24.3 Å². The van der Waals surface area contributed by atoms with E-state index in [2.05, 4.69) is 5.32 Å². The molecule has 1 fully saturated rings. The molecular weight excluding hydrogens is 409 g/mol. The van der Waals surface area contributed by atoms with E-state index < -0.39 is 17.8 Å². The third kappa shape index (κ3) is 5.12. The Kier molecular flexibility index (Phi) is 6.36. The van der Waals surface area contributed by atoms with Gasteiger partial charge < -0.3 is 19.7 Å². The predicted octanol–water partition coefficient (Wildman–Crippen LogP) is 4.32. The van der Waals surface area contributed by atoms with Gasteiger partial charge in [-0.2, -0.15) is 13.2 Å². The van der Waals surface area contributed by atoms with Crippen LogP contribution in [0.15, 0.2) is 42.5 Å². The molecule has 8 heteroatoms. The first-order chi connectivity index (χ1) is 14.9. The normalized spacial score (nSPS) is 17.5. The van der Waals surface area contributed by atoms with E-state index in [0.717, 1.165) is 30.5 Å². The number of carbonyl (C=O) groups is 1. The number of hydrogen-bond acceptors (Lipinski definition) is 4. The first kappa shape index (κ1) is 21.5. The Bertz CT molecular complexity index is 933. The maximum absolute atomic E-state index is 13.3. The fourth-order valence-corrected chi connectivity index (χ4v) is 3.96. The van der Waals surface area contributed by atoms with Gasteiger partial charge in [0.25, 0.3) is 0 Å². The standard InChI is InChI=1S/C23H25F3N2O3/c24-23(25,26)18-7-1-5-16(13-18)19(15-28-10-3-9-21(28)29)27-14-17-6-2-8-20-22(17)31-12-4-11-30-20/h1-2,5-8,13,19,27H,3-4,9-12,14-15H2/t19-/m0/s1. The minimum absolute atomic E-state index is 0.0316. The number of nitrogens with zero attached hydrogens (tertiary/aromatic N) is 1. The van der Waals surface area contributed by atoms with Crippen molar-refractivity contribution in [3.63, 3.8) is 0 Å². The Labute approximate surface area is 179 Å². The summed E-state index contributed by atoms with van der Waals surface area (Å²) in [5, 5.41) is 3.35. The molecule has 0 radical (unpaired) electrons. The second-order valence-corrected chi connectivity index (χ2v) is 7.79. The third-order valence-corrected chi connectivity index (χ3v) is 5.58. The summed E-state index contributed by atoms with van der Waals surface area (Å²) in [6.45, 7) is 2.42. The number of ether oxygens (including phenoxy) is 2. The Balaban J connectivity index is 1.58. The van der Waals surface area contributed by atoms with Crippen LogP contribution in [0.5, 0.6) is 11.5 Å². The molecule has 2 heterocycles. The van der Waals surface area contributed by atoms with Gasteiger partial charge in [-0.05, 0) is 30.2 Å². The topological polar surface area (TPSA) is 50.8 Å². The summed E-state index contributed by atoms with van der Waals surface area (Å²) in [6.07, 6.45) is -2.39. The average molecular weight is 434 g/mol. The lowest BCUT2D eigenvalue weighted by molar-refractivity contribution is -0.137. The van der Waals surface area contributed by atoms with Crippen molar-refractivity contribution >= 4 is 5.91 Å². The van der Waals surface area contributed by atoms with Crippen LogP contribution in [-0.2, 0) is 17.5 Å². The van der Waals surface area contributed by atoms with Crippen LogP contribution in [-0.4, -0.2) is 37.1 Å². The highest BCUT2D eigenvalue weighted by Crippen LogP contribution is 2.34. The molecule has 2 aliphatic heterocycles. The van der Waals surface area contributed by atoms with Gasteiger partial charge in [-0.25, -0.2) is 0 Å². The fourth-order valence-electron chi connectivity index (χ4n) is 3.96. The molecule has 5 nitrogen and oxygen atoms in total. The predicted molar refractivity (Wildman–Crippen MR) is 109 cm³/mol. The maximum atomic E-state index is 13.3. The lowest BCUT2D eigenvalue weighted by atomic mass is 10.0. The van der Waals surface area contributed by atoms with Gasteiger partial charge in [0.15, 0.2) is 11.5 Å². The van der Waals surface area contributed by atoms with E-state index in [1.54, 1.807) is 11.0 Å². The number of fused-ring (bicyclic) bond motifs is 1. The van der Waals surface area contributed by atoms with Crippen molar-refractivity contribution in [2.24, 2.45) is 0 Å². The number of carbonyl (C=O) groups excluding carboxylic acids is 1. The summed E-state index contributed by atoms with van der Waals surface area (Å²) in [5.74, 6) is 1.36. The quantitative estimate of drug-likeness (QED) is 0.736. The van der Waals surface area contributed by atoms with Crippen molar-refractivity contribution in [2.75, 3.05) is 26.3 Å². The SMILES string of the molecule is O=C1CCCN1C[C@H](NCc1cccc2c1OCCCO2)c1cccc(C(F)(F)F)c1. The second-order valence-electron chi connectivity index (χ2n) is 7.79. The summed E-state index contributed by atoms with van der Waals surface area (Å²) in [7, 11) is 0. The summed E-state index contributed by atoms with van der Waals surface area (Å²) >= 11 is 0. The van der Waals surface area contributed by atoms with Gasteiger partial charge in [0.05, 0.1) is 24.8 Å². The molecular formula is C23H25F3N2O3. The Morgan fingerprint density at radius 2 is 1.87 bits per heavy atom. The summed E-state index contributed by atoms with van der Waals surface area (Å²) in [5.41, 5.74) is 0.660. The van der Waals surface area contributed by atoms with Crippen LogP contribution < -0.4 is 14.8 Å². The van der Waals surface area contributed by atoms with Crippen LogP contribution in [0.2, 0.25) is 0 Å². The molecule has 4 rings (SSSR count). The first-order valence-corrected chi connectivity index (χ1v) is 10.5. The summed E-state index contributed by atoms with van der Waals surface area (Å²) in [6, 6.07) is 10.5. The molecule has 0 bridgehead atoms. The van der Waals surface area contributed by atoms with Gasteiger partial charge in [0, 0.05) is 38.0 Å². The number of nitrogens with one attached hydrogen (secondary N) is 1. The molecule has 1 N–H and O–H groups in total. The van der Waals surface area contributed by atoms with Crippen molar-refractivity contribution < 1.29 is 27.4 Å². The van der Waals surface area contributed by atoms with Crippen LogP contribution in [0.25, 0.3) is 0 Å². The Morgan fingerprint density at radius 1 is 1.06 bits per heavy atom. The highest BCUT2D eigenvalue weighted by atomic mass is 19.4.